The van der Waals surface area contributed by atoms with Crippen molar-refractivity contribution < 1.29 is 9.53 Å². The molecule has 1 aromatic carbocycles. The van der Waals surface area contributed by atoms with Crippen LogP contribution >= 0.6 is 0 Å². The summed E-state index contributed by atoms with van der Waals surface area (Å²) in [6.45, 7) is 6.41. The van der Waals surface area contributed by atoms with Crippen molar-refractivity contribution in [3.63, 3.8) is 0 Å². The predicted molar refractivity (Wildman–Crippen MR) is 81.9 cm³/mol. The maximum atomic E-state index is 12.7. The highest BCUT2D eigenvalue weighted by Crippen LogP contribution is 2.42. The molecular weight excluding hydrogens is 264 g/mol. The van der Waals surface area contributed by atoms with Gasteiger partial charge in [0.15, 0.2) is 0 Å². The molecule has 0 bridgehead atoms. The van der Waals surface area contributed by atoms with E-state index in [1.165, 1.54) is 0 Å². The molecule has 0 spiro atoms. The molecule has 1 saturated heterocycles. The number of carbonyl (C=O) groups excluding carboxylic acids is 1. The molecule has 1 aliphatic heterocycles. The normalized spacial score (nSPS) is 31.9. The molecule has 0 radical (unpaired) electrons. The number of benzene rings is 1. The van der Waals surface area contributed by atoms with E-state index in [4.69, 9.17) is 4.74 Å². The van der Waals surface area contributed by atoms with Crippen molar-refractivity contribution in [1.82, 2.24) is 10.2 Å². The van der Waals surface area contributed by atoms with Gasteiger partial charge in [0.2, 0.25) is 5.91 Å². The van der Waals surface area contributed by atoms with Crippen LogP contribution in [0, 0.1) is 11.8 Å². The number of hydrogen-bond donors (Lipinski definition) is 1. The minimum atomic E-state index is -0.0788. The Bertz CT molecular complexity index is 526. The second-order valence-corrected chi connectivity index (χ2v) is 6.59. The minimum Gasteiger partial charge on any atom is -0.497 e. The van der Waals surface area contributed by atoms with Gasteiger partial charge in [0.1, 0.15) is 11.9 Å². The van der Waals surface area contributed by atoms with Crippen LogP contribution in [-0.2, 0) is 4.79 Å². The summed E-state index contributed by atoms with van der Waals surface area (Å²) in [7, 11) is 1.67. The lowest BCUT2D eigenvalue weighted by atomic mass is 10.1. The maximum absolute atomic E-state index is 12.7. The molecule has 1 saturated carbocycles. The molecule has 2 aliphatic rings. The summed E-state index contributed by atoms with van der Waals surface area (Å²) < 4.78 is 5.22. The van der Waals surface area contributed by atoms with Crippen molar-refractivity contribution in [2.24, 2.45) is 11.8 Å². The fourth-order valence-corrected chi connectivity index (χ4v) is 3.18. The van der Waals surface area contributed by atoms with Crippen molar-refractivity contribution in [3.8, 4) is 5.75 Å². The lowest BCUT2D eigenvalue weighted by molar-refractivity contribution is -0.131. The first-order valence-electron chi connectivity index (χ1n) is 7.75. The average molecular weight is 288 g/mol. The highest BCUT2D eigenvalue weighted by Gasteiger charge is 2.50. The zero-order valence-corrected chi connectivity index (χ0v) is 13.2. The second kappa shape index (κ2) is 5.34. The standard InChI is InChI=1S/C17H24N2O2/c1-10(2)15-17(20)19(14-9-11(14)3)16(18-15)12-5-7-13(21-4)8-6-12/h5-8,10-11,14-16,18H,9H2,1-4H3. The fourth-order valence-electron chi connectivity index (χ4n) is 3.18. The Balaban J connectivity index is 1.88. The van der Waals surface area contributed by atoms with Gasteiger partial charge >= 0.3 is 0 Å². The number of nitrogens with one attached hydrogen (secondary N) is 1. The molecule has 4 unspecified atom stereocenters. The summed E-state index contributed by atoms with van der Waals surface area (Å²) >= 11 is 0. The largest absolute Gasteiger partial charge is 0.497 e. The summed E-state index contributed by atoms with van der Waals surface area (Å²) in [5, 5.41) is 3.52. The zero-order chi connectivity index (χ0) is 15.1. The molecule has 114 valence electrons. The quantitative estimate of drug-likeness (QED) is 0.926. The summed E-state index contributed by atoms with van der Waals surface area (Å²) in [6, 6.07) is 8.32. The van der Waals surface area contributed by atoms with E-state index in [1.54, 1.807) is 7.11 Å². The first-order valence-corrected chi connectivity index (χ1v) is 7.75. The number of amides is 1. The van der Waals surface area contributed by atoms with Crippen molar-refractivity contribution in [2.75, 3.05) is 7.11 Å². The van der Waals surface area contributed by atoms with E-state index in [2.05, 4.69) is 31.0 Å². The van der Waals surface area contributed by atoms with Gasteiger partial charge in [-0.3, -0.25) is 10.1 Å². The highest BCUT2D eigenvalue weighted by molar-refractivity contribution is 5.85. The Labute approximate surface area is 126 Å². The van der Waals surface area contributed by atoms with Crippen LogP contribution in [0.3, 0.4) is 0 Å². The predicted octanol–water partition coefficient (Wildman–Crippen LogP) is 2.56. The second-order valence-electron chi connectivity index (χ2n) is 6.59. The van der Waals surface area contributed by atoms with Gasteiger partial charge in [-0.25, -0.2) is 0 Å². The number of carbonyl (C=O) groups is 1. The summed E-state index contributed by atoms with van der Waals surface area (Å²) in [5.41, 5.74) is 1.13. The van der Waals surface area contributed by atoms with Crippen molar-refractivity contribution in [1.29, 1.82) is 0 Å². The first kappa shape index (κ1) is 14.4. The van der Waals surface area contributed by atoms with Gasteiger partial charge < -0.3 is 9.64 Å². The molecule has 2 fully saturated rings. The monoisotopic (exact) mass is 288 g/mol. The van der Waals surface area contributed by atoms with Gasteiger partial charge in [-0.2, -0.15) is 0 Å². The van der Waals surface area contributed by atoms with Gasteiger partial charge in [-0.05, 0) is 36.0 Å². The van der Waals surface area contributed by atoms with E-state index in [-0.39, 0.29) is 18.1 Å². The number of rotatable bonds is 4. The van der Waals surface area contributed by atoms with Gasteiger partial charge in [-0.15, -0.1) is 0 Å². The van der Waals surface area contributed by atoms with Gasteiger partial charge in [0, 0.05) is 6.04 Å². The fraction of sp³-hybridized carbons (Fsp3) is 0.588. The third kappa shape index (κ3) is 2.53. The Kier molecular flexibility index (Phi) is 3.66. The van der Waals surface area contributed by atoms with Crippen LogP contribution < -0.4 is 10.1 Å². The SMILES string of the molecule is COc1ccc(C2NC(C(C)C)C(=O)N2C2CC2C)cc1. The van der Waals surface area contributed by atoms with Gasteiger partial charge in [0.25, 0.3) is 0 Å². The van der Waals surface area contributed by atoms with Crippen LogP contribution in [0.2, 0.25) is 0 Å². The Morgan fingerprint density at radius 2 is 1.90 bits per heavy atom. The lowest BCUT2D eigenvalue weighted by Gasteiger charge is -2.25. The van der Waals surface area contributed by atoms with E-state index < -0.39 is 0 Å². The molecular formula is C17H24N2O2. The molecule has 1 aromatic rings. The van der Waals surface area contributed by atoms with Crippen LogP contribution in [-0.4, -0.2) is 30.0 Å². The van der Waals surface area contributed by atoms with E-state index >= 15 is 0 Å². The molecule has 4 atom stereocenters. The lowest BCUT2D eigenvalue weighted by Crippen LogP contribution is -2.35. The number of hydrogen-bond acceptors (Lipinski definition) is 3. The molecule has 4 heteroatoms. The zero-order valence-electron chi connectivity index (χ0n) is 13.2. The topological polar surface area (TPSA) is 41.6 Å². The van der Waals surface area contributed by atoms with Crippen LogP contribution in [0.1, 0.15) is 38.9 Å². The molecule has 0 aromatic heterocycles. The maximum Gasteiger partial charge on any atom is 0.241 e. The van der Waals surface area contributed by atoms with Crippen molar-refractivity contribution >= 4 is 5.91 Å². The van der Waals surface area contributed by atoms with Crippen LogP contribution in [0.4, 0.5) is 0 Å². The smallest absolute Gasteiger partial charge is 0.241 e. The molecule has 3 rings (SSSR count). The van der Waals surface area contributed by atoms with Crippen molar-refractivity contribution in [3.05, 3.63) is 29.8 Å². The third-order valence-electron chi connectivity index (χ3n) is 4.66. The van der Waals surface area contributed by atoms with Gasteiger partial charge in [-0.1, -0.05) is 32.9 Å². The molecule has 1 aliphatic carbocycles. The Morgan fingerprint density at radius 3 is 2.38 bits per heavy atom. The molecule has 21 heavy (non-hydrogen) atoms. The molecule has 1 N–H and O–H groups in total. The van der Waals surface area contributed by atoms with Crippen LogP contribution in [0.5, 0.6) is 5.75 Å². The van der Waals surface area contributed by atoms with Crippen LogP contribution in [0.15, 0.2) is 24.3 Å². The number of methoxy groups -OCH3 is 1. The minimum absolute atomic E-state index is 0.00856. The molecule has 4 nitrogen and oxygen atoms in total. The highest BCUT2D eigenvalue weighted by atomic mass is 16.5. The van der Waals surface area contributed by atoms with Crippen LogP contribution in [0.25, 0.3) is 0 Å². The third-order valence-corrected chi connectivity index (χ3v) is 4.66. The van der Waals surface area contributed by atoms with Gasteiger partial charge in [0.05, 0.1) is 13.2 Å². The molecule has 1 heterocycles. The van der Waals surface area contributed by atoms with Crippen molar-refractivity contribution in [2.45, 2.75) is 45.4 Å². The Hall–Kier alpha value is -1.55. The van der Waals surface area contributed by atoms with E-state index in [1.807, 2.05) is 24.3 Å². The number of ether oxygens (including phenoxy) is 1. The Morgan fingerprint density at radius 1 is 1.29 bits per heavy atom. The summed E-state index contributed by atoms with van der Waals surface area (Å²) in [6.07, 6.45) is 1.11. The average Bonchev–Trinajstić information content (AvgIpc) is 3.08. The van der Waals surface area contributed by atoms with E-state index in [0.29, 0.717) is 17.9 Å². The summed E-state index contributed by atoms with van der Waals surface area (Å²) in [5.74, 6) is 2.01. The summed E-state index contributed by atoms with van der Waals surface area (Å²) in [4.78, 5) is 14.8. The van der Waals surface area contributed by atoms with E-state index in [9.17, 15) is 4.79 Å². The first-order chi connectivity index (χ1) is 10.0. The number of nitrogens with zero attached hydrogens (tertiary/aromatic N) is 1. The molecule has 1 amide bonds. The van der Waals surface area contributed by atoms with E-state index in [0.717, 1.165) is 17.7 Å².